The predicted molar refractivity (Wildman–Crippen MR) is 90.9 cm³/mol. The highest BCUT2D eigenvalue weighted by molar-refractivity contribution is 6.30. The highest BCUT2D eigenvalue weighted by Gasteiger charge is 2.28. The van der Waals surface area contributed by atoms with Gasteiger partial charge in [0.25, 0.3) is 5.91 Å². The third-order valence-electron chi connectivity index (χ3n) is 3.94. The molecular formula is C17H13ClFN5O. The fourth-order valence-corrected chi connectivity index (χ4v) is 2.72. The summed E-state index contributed by atoms with van der Waals surface area (Å²) in [6, 6.07) is 11.4. The Hall–Kier alpha value is -2.80. The van der Waals surface area contributed by atoms with Crippen LogP contribution in [0.2, 0.25) is 5.02 Å². The van der Waals surface area contributed by atoms with E-state index in [1.807, 2.05) is 6.07 Å². The predicted octanol–water partition coefficient (Wildman–Crippen LogP) is 3.72. The molecule has 1 aromatic heterocycles. The second-order valence-corrected chi connectivity index (χ2v) is 6.27. The van der Waals surface area contributed by atoms with Crippen molar-refractivity contribution >= 4 is 23.2 Å². The molecule has 1 heterocycles. The molecule has 0 spiro atoms. The Morgan fingerprint density at radius 2 is 2.08 bits per heavy atom. The van der Waals surface area contributed by atoms with E-state index in [4.69, 9.17) is 11.6 Å². The lowest BCUT2D eigenvalue weighted by Crippen LogP contribution is -2.13. The first-order valence-corrected chi connectivity index (χ1v) is 8.14. The molecule has 0 aliphatic heterocycles. The standard InChI is InChI=1S/C17H13ClFN5O/c18-11-4-7-14(15(19)9-11)17(25)20-12-3-1-2-10(8-12)16-21-22-23-24(16)13-5-6-13/h1-4,7-9,13H,5-6H2,(H,20,25). The summed E-state index contributed by atoms with van der Waals surface area (Å²) in [5.74, 6) is -0.566. The smallest absolute Gasteiger partial charge is 0.258 e. The fraction of sp³-hybridized carbons (Fsp3) is 0.176. The van der Waals surface area contributed by atoms with Crippen LogP contribution in [0.1, 0.15) is 29.2 Å². The maximum absolute atomic E-state index is 13.9. The van der Waals surface area contributed by atoms with Gasteiger partial charge in [0.05, 0.1) is 11.6 Å². The Morgan fingerprint density at radius 1 is 1.24 bits per heavy atom. The molecule has 4 rings (SSSR count). The van der Waals surface area contributed by atoms with Crippen LogP contribution in [0, 0.1) is 5.82 Å². The summed E-state index contributed by atoms with van der Waals surface area (Å²) in [4.78, 5) is 12.3. The number of hydrogen-bond acceptors (Lipinski definition) is 4. The van der Waals surface area contributed by atoms with Crippen LogP contribution in [0.5, 0.6) is 0 Å². The van der Waals surface area contributed by atoms with Crippen LogP contribution in [-0.2, 0) is 0 Å². The maximum atomic E-state index is 13.9. The van der Waals surface area contributed by atoms with Crippen molar-refractivity contribution in [2.24, 2.45) is 0 Å². The lowest BCUT2D eigenvalue weighted by molar-refractivity contribution is 0.102. The Morgan fingerprint density at radius 3 is 2.84 bits per heavy atom. The second-order valence-electron chi connectivity index (χ2n) is 5.84. The fourth-order valence-electron chi connectivity index (χ4n) is 2.56. The molecule has 1 amide bonds. The van der Waals surface area contributed by atoms with Crippen molar-refractivity contribution in [1.82, 2.24) is 20.2 Å². The highest BCUT2D eigenvalue weighted by Crippen LogP contribution is 2.36. The van der Waals surface area contributed by atoms with E-state index in [1.165, 1.54) is 12.1 Å². The van der Waals surface area contributed by atoms with E-state index in [0.717, 1.165) is 24.5 Å². The summed E-state index contributed by atoms with van der Waals surface area (Å²) in [6.45, 7) is 0. The number of carbonyl (C=O) groups excluding carboxylic acids is 1. The molecule has 1 fully saturated rings. The van der Waals surface area contributed by atoms with Gasteiger partial charge in [-0.05, 0) is 53.6 Å². The van der Waals surface area contributed by atoms with Gasteiger partial charge in [-0.2, -0.15) is 0 Å². The Kier molecular flexibility index (Phi) is 3.93. The molecule has 3 aromatic rings. The average molecular weight is 358 g/mol. The van der Waals surface area contributed by atoms with Crippen LogP contribution >= 0.6 is 11.6 Å². The molecule has 0 bridgehead atoms. The van der Waals surface area contributed by atoms with Gasteiger partial charge in [-0.25, -0.2) is 9.07 Å². The van der Waals surface area contributed by atoms with Crippen molar-refractivity contribution in [2.45, 2.75) is 18.9 Å². The van der Waals surface area contributed by atoms with E-state index < -0.39 is 11.7 Å². The summed E-state index contributed by atoms with van der Waals surface area (Å²) in [5.41, 5.74) is 1.24. The van der Waals surface area contributed by atoms with Crippen LogP contribution in [0.4, 0.5) is 10.1 Å². The highest BCUT2D eigenvalue weighted by atomic mass is 35.5. The van der Waals surface area contributed by atoms with Crippen molar-refractivity contribution in [1.29, 1.82) is 0 Å². The molecule has 8 heteroatoms. The van der Waals surface area contributed by atoms with E-state index in [1.54, 1.807) is 22.9 Å². The molecule has 2 aromatic carbocycles. The number of hydrogen-bond donors (Lipinski definition) is 1. The molecule has 0 unspecified atom stereocenters. The molecule has 0 atom stereocenters. The summed E-state index contributed by atoms with van der Waals surface area (Å²) in [5, 5.41) is 14.7. The molecule has 1 aliphatic carbocycles. The zero-order valence-electron chi connectivity index (χ0n) is 13.0. The molecule has 0 saturated heterocycles. The monoisotopic (exact) mass is 357 g/mol. The Labute approximate surface area is 147 Å². The number of benzene rings is 2. The van der Waals surface area contributed by atoms with Gasteiger partial charge < -0.3 is 5.32 Å². The number of amides is 1. The average Bonchev–Trinajstić information content (AvgIpc) is 3.31. The minimum absolute atomic E-state index is 0.0717. The number of nitrogens with one attached hydrogen (secondary N) is 1. The summed E-state index contributed by atoms with van der Waals surface area (Å²) in [6.07, 6.45) is 2.12. The lowest BCUT2D eigenvalue weighted by atomic mass is 10.1. The van der Waals surface area contributed by atoms with Crippen molar-refractivity contribution in [3.05, 3.63) is 58.9 Å². The van der Waals surface area contributed by atoms with Gasteiger partial charge >= 0.3 is 0 Å². The van der Waals surface area contributed by atoms with Gasteiger partial charge in [-0.15, -0.1) is 5.10 Å². The quantitative estimate of drug-likeness (QED) is 0.772. The molecule has 25 heavy (non-hydrogen) atoms. The molecule has 6 nitrogen and oxygen atoms in total. The van der Waals surface area contributed by atoms with Crippen LogP contribution in [-0.4, -0.2) is 26.1 Å². The molecule has 1 aliphatic rings. The zero-order valence-corrected chi connectivity index (χ0v) is 13.7. The zero-order chi connectivity index (χ0) is 17.4. The third-order valence-corrected chi connectivity index (χ3v) is 4.18. The van der Waals surface area contributed by atoms with E-state index in [-0.39, 0.29) is 10.6 Å². The number of halogens is 2. The first-order chi connectivity index (χ1) is 12.1. The van der Waals surface area contributed by atoms with E-state index in [2.05, 4.69) is 20.8 Å². The van der Waals surface area contributed by atoms with Gasteiger partial charge in [0.15, 0.2) is 5.82 Å². The number of rotatable bonds is 4. The van der Waals surface area contributed by atoms with Gasteiger partial charge in [0.1, 0.15) is 5.82 Å². The summed E-state index contributed by atoms with van der Waals surface area (Å²) in [7, 11) is 0. The first kappa shape index (κ1) is 15.7. The first-order valence-electron chi connectivity index (χ1n) is 7.76. The van der Waals surface area contributed by atoms with Crippen LogP contribution < -0.4 is 5.32 Å². The van der Waals surface area contributed by atoms with Crippen molar-refractivity contribution in [3.8, 4) is 11.4 Å². The van der Waals surface area contributed by atoms with E-state index >= 15 is 0 Å². The second kappa shape index (κ2) is 6.25. The number of tetrazole rings is 1. The summed E-state index contributed by atoms with van der Waals surface area (Å²) < 4.78 is 15.7. The minimum atomic E-state index is -0.668. The van der Waals surface area contributed by atoms with Crippen molar-refractivity contribution in [3.63, 3.8) is 0 Å². The summed E-state index contributed by atoms with van der Waals surface area (Å²) >= 11 is 5.71. The normalized spacial score (nSPS) is 13.7. The van der Waals surface area contributed by atoms with Gasteiger partial charge in [0.2, 0.25) is 0 Å². The van der Waals surface area contributed by atoms with Crippen molar-refractivity contribution in [2.75, 3.05) is 5.32 Å². The number of carbonyl (C=O) groups is 1. The minimum Gasteiger partial charge on any atom is -0.322 e. The number of aromatic nitrogens is 4. The number of nitrogens with zero attached hydrogens (tertiary/aromatic N) is 4. The maximum Gasteiger partial charge on any atom is 0.258 e. The molecule has 0 radical (unpaired) electrons. The van der Waals surface area contributed by atoms with Gasteiger partial charge in [-0.1, -0.05) is 23.7 Å². The third kappa shape index (κ3) is 3.23. The van der Waals surface area contributed by atoms with E-state index in [9.17, 15) is 9.18 Å². The SMILES string of the molecule is O=C(Nc1cccc(-c2nnnn2C2CC2)c1)c1ccc(Cl)cc1F. The van der Waals surface area contributed by atoms with Crippen LogP contribution in [0.15, 0.2) is 42.5 Å². The molecule has 126 valence electrons. The van der Waals surface area contributed by atoms with Crippen LogP contribution in [0.25, 0.3) is 11.4 Å². The molecule has 1 saturated carbocycles. The Bertz CT molecular complexity index is 954. The van der Waals surface area contributed by atoms with Crippen LogP contribution in [0.3, 0.4) is 0 Å². The topological polar surface area (TPSA) is 72.7 Å². The molecular weight excluding hydrogens is 345 g/mol. The lowest BCUT2D eigenvalue weighted by Gasteiger charge is -2.08. The van der Waals surface area contributed by atoms with Gasteiger partial charge in [-0.3, -0.25) is 4.79 Å². The van der Waals surface area contributed by atoms with Crippen molar-refractivity contribution < 1.29 is 9.18 Å². The molecule has 1 N–H and O–H groups in total. The largest absolute Gasteiger partial charge is 0.322 e. The Balaban J connectivity index is 1.59. The van der Waals surface area contributed by atoms with Gasteiger partial charge in [0, 0.05) is 16.3 Å². The van der Waals surface area contributed by atoms with E-state index in [0.29, 0.717) is 17.6 Å². The number of anilines is 1.